The molecule has 1 heterocycles. The molecule has 0 N–H and O–H groups in total. The first-order valence-corrected chi connectivity index (χ1v) is 7.49. The van der Waals surface area contributed by atoms with Gasteiger partial charge >= 0.3 is 0 Å². The van der Waals surface area contributed by atoms with Gasteiger partial charge < -0.3 is 4.90 Å². The highest BCUT2D eigenvalue weighted by Gasteiger charge is 2.15. The highest BCUT2D eigenvalue weighted by atomic mass is 16.2. The Hall–Kier alpha value is -2.95. The van der Waals surface area contributed by atoms with E-state index in [1.54, 1.807) is 11.0 Å². The number of nitrogens with zero attached hydrogens (tertiary/aromatic N) is 4. The molecular weight excluding hydrogens is 288 g/mol. The topological polar surface area (TPSA) is 51.0 Å². The first-order valence-electron chi connectivity index (χ1n) is 7.49. The Morgan fingerprint density at radius 3 is 1.96 bits per heavy atom. The molecule has 0 saturated heterocycles. The highest BCUT2D eigenvalue weighted by Crippen LogP contribution is 2.11. The fraction of sp³-hybridized carbons (Fsp3) is 0.167. The lowest BCUT2D eigenvalue weighted by Crippen LogP contribution is -2.33. The molecule has 5 nitrogen and oxygen atoms in total. The maximum Gasteiger partial charge on any atom is 0.244 e. The molecular formula is C18H18N4O. The van der Waals surface area contributed by atoms with E-state index in [1.807, 2.05) is 65.6 Å². The fourth-order valence-electron chi connectivity index (χ4n) is 2.39. The van der Waals surface area contributed by atoms with Gasteiger partial charge in [0.1, 0.15) is 19.2 Å². The van der Waals surface area contributed by atoms with Gasteiger partial charge in [-0.15, -0.1) is 0 Å². The first kappa shape index (κ1) is 15.0. The van der Waals surface area contributed by atoms with E-state index in [0.717, 1.165) is 11.1 Å². The van der Waals surface area contributed by atoms with Gasteiger partial charge in [-0.3, -0.25) is 4.79 Å². The molecule has 1 amide bonds. The van der Waals surface area contributed by atoms with E-state index >= 15 is 0 Å². The molecule has 23 heavy (non-hydrogen) atoms. The average molecular weight is 306 g/mol. The van der Waals surface area contributed by atoms with Gasteiger partial charge in [0.05, 0.1) is 0 Å². The third-order valence-corrected chi connectivity index (χ3v) is 3.55. The number of hydrogen-bond donors (Lipinski definition) is 0. The van der Waals surface area contributed by atoms with Gasteiger partial charge in [-0.05, 0) is 11.1 Å². The molecule has 0 aliphatic carbocycles. The number of amides is 1. The average Bonchev–Trinajstić information content (AvgIpc) is 3.09. The van der Waals surface area contributed by atoms with Crippen LogP contribution in [0.25, 0.3) is 0 Å². The minimum absolute atomic E-state index is 0.0169. The van der Waals surface area contributed by atoms with Crippen molar-refractivity contribution < 1.29 is 4.79 Å². The zero-order valence-electron chi connectivity index (χ0n) is 12.7. The summed E-state index contributed by atoms with van der Waals surface area (Å²) in [5.41, 5.74) is 2.21. The summed E-state index contributed by atoms with van der Waals surface area (Å²) in [6.45, 7) is 1.34. The maximum atomic E-state index is 12.7. The highest BCUT2D eigenvalue weighted by molar-refractivity contribution is 5.75. The van der Waals surface area contributed by atoms with E-state index in [4.69, 9.17) is 0 Å². The Morgan fingerprint density at radius 1 is 0.913 bits per heavy atom. The van der Waals surface area contributed by atoms with Crippen LogP contribution in [0.1, 0.15) is 11.1 Å². The normalized spacial score (nSPS) is 10.4. The lowest BCUT2D eigenvalue weighted by Gasteiger charge is -2.23. The second-order valence-electron chi connectivity index (χ2n) is 5.31. The van der Waals surface area contributed by atoms with Gasteiger partial charge in [-0.1, -0.05) is 60.7 Å². The third-order valence-electron chi connectivity index (χ3n) is 3.55. The largest absolute Gasteiger partial charge is 0.332 e. The van der Waals surface area contributed by atoms with Crippen LogP contribution < -0.4 is 0 Å². The molecule has 0 aliphatic rings. The van der Waals surface area contributed by atoms with Gasteiger partial charge in [0, 0.05) is 13.1 Å². The van der Waals surface area contributed by atoms with E-state index in [0.29, 0.717) is 13.1 Å². The van der Waals surface area contributed by atoms with Crippen LogP contribution in [0.2, 0.25) is 0 Å². The van der Waals surface area contributed by atoms with Crippen LogP contribution in [-0.4, -0.2) is 25.6 Å². The Kier molecular flexibility index (Phi) is 4.79. The Morgan fingerprint density at radius 2 is 1.48 bits per heavy atom. The Balaban J connectivity index is 1.76. The molecule has 116 valence electrons. The zero-order valence-corrected chi connectivity index (χ0v) is 12.7. The monoisotopic (exact) mass is 306 g/mol. The molecule has 0 aliphatic heterocycles. The van der Waals surface area contributed by atoms with Gasteiger partial charge in [0.2, 0.25) is 5.91 Å². The van der Waals surface area contributed by atoms with Gasteiger partial charge in [-0.2, -0.15) is 5.10 Å². The molecule has 0 spiro atoms. The van der Waals surface area contributed by atoms with Gasteiger partial charge in [0.15, 0.2) is 0 Å². The third kappa shape index (κ3) is 4.26. The molecule has 5 heteroatoms. The summed E-state index contributed by atoms with van der Waals surface area (Å²) in [4.78, 5) is 18.4. The van der Waals surface area contributed by atoms with Crippen LogP contribution in [0.4, 0.5) is 0 Å². The fourth-order valence-corrected chi connectivity index (χ4v) is 2.39. The van der Waals surface area contributed by atoms with Crippen molar-refractivity contribution in [3.05, 3.63) is 84.4 Å². The second kappa shape index (κ2) is 7.35. The summed E-state index contributed by atoms with van der Waals surface area (Å²) < 4.78 is 1.55. The molecule has 0 saturated carbocycles. The van der Waals surface area contributed by atoms with Crippen molar-refractivity contribution in [2.24, 2.45) is 0 Å². The summed E-state index contributed by atoms with van der Waals surface area (Å²) in [6.07, 6.45) is 2.99. The van der Waals surface area contributed by atoms with Crippen LogP contribution in [0, 0.1) is 0 Å². The molecule has 0 unspecified atom stereocenters. The van der Waals surface area contributed by atoms with Crippen LogP contribution in [-0.2, 0) is 24.4 Å². The van der Waals surface area contributed by atoms with E-state index < -0.39 is 0 Å². The SMILES string of the molecule is O=C(Cn1cncn1)N(Cc1ccccc1)Cc1ccccc1. The van der Waals surface area contributed by atoms with Gasteiger partial charge in [0.25, 0.3) is 0 Å². The minimum Gasteiger partial charge on any atom is -0.332 e. The maximum absolute atomic E-state index is 12.7. The van der Waals surface area contributed by atoms with Crippen LogP contribution in [0.5, 0.6) is 0 Å². The molecule has 2 aromatic carbocycles. The second-order valence-corrected chi connectivity index (χ2v) is 5.31. The van der Waals surface area contributed by atoms with Crippen LogP contribution in [0.15, 0.2) is 73.3 Å². The zero-order chi connectivity index (χ0) is 15.9. The molecule has 3 aromatic rings. The lowest BCUT2D eigenvalue weighted by molar-refractivity contribution is -0.133. The summed E-state index contributed by atoms with van der Waals surface area (Å²) in [7, 11) is 0. The molecule has 0 fully saturated rings. The molecule has 3 rings (SSSR count). The summed E-state index contributed by atoms with van der Waals surface area (Å²) in [5, 5.41) is 4.01. The number of rotatable bonds is 6. The van der Waals surface area contributed by atoms with Crippen LogP contribution >= 0.6 is 0 Å². The van der Waals surface area contributed by atoms with Gasteiger partial charge in [-0.25, -0.2) is 9.67 Å². The summed E-state index contributed by atoms with van der Waals surface area (Å²) in [6, 6.07) is 20.0. The summed E-state index contributed by atoms with van der Waals surface area (Å²) in [5.74, 6) is 0.0169. The standard InChI is InChI=1S/C18H18N4O/c23-18(13-22-15-19-14-20-22)21(11-16-7-3-1-4-8-16)12-17-9-5-2-6-10-17/h1-10,14-15H,11-13H2. The van der Waals surface area contributed by atoms with Crippen molar-refractivity contribution in [2.75, 3.05) is 0 Å². The number of aromatic nitrogens is 3. The number of hydrogen-bond acceptors (Lipinski definition) is 3. The van der Waals surface area contributed by atoms with Crippen molar-refractivity contribution in [1.82, 2.24) is 19.7 Å². The Labute approximate surface area is 135 Å². The first-order chi connectivity index (χ1) is 11.3. The Bertz CT molecular complexity index is 685. The predicted octanol–water partition coefficient (Wildman–Crippen LogP) is 2.51. The van der Waals surface area contributed by atoms with Crippen molar-refractivity contribution in [3.63, 3.8) is 0 Å². The molecule has 0 bridgehead atoms. The lowest BCUT2D eigenvalue weighted by atomic mass is 10.1. The van der Waals surface area contributed by atoms with Crippen LogP contribution in [0.3, 0.4) is 0 Å². The van der Waals surface area contributed by atoms with Crippen molar-refractivity contribution in [1.29, 1.82) is 0 Å². The van der Waals surface area contributed by atoms with Crippen molar-refractivity contribution in [2.45, 2.75) is 19.6 Å². The number of carbonyl (C=O) groups excluding carboxylic acids is 1. The number of benzene rings is 2. The minimum atomic E-state index is 0.0169. The van der Waals surface area contributed by atoms with E-state index in [9.17, 15) is 4.79 Å². The predicted molar refractivity (Wildman–Crippen MR) is 87.2 cm³/mol. The summed E-state index contributed by atoms with van der Waals surface area (Å²) >= 11 is 0. The number of carbonyl (C=O) groups is 1. The van der Waals surface area contributed by atoms with Crippen molar-refractivity contribution in [3.8, 4) is 0 Å². The smallest absolute Gasteiger partial charge is 0.244 e. The van der Waals surface area contributed by atoms with Crippen molar-refractivity contribution >= 4 is 5.91 Å². The molecule has 0 radical (unpaired) electrons. The quantitative estimate of drug-likeness (QED) is 0.703. The van der Waals surface area contributed by atoms with E-state index in [2.05, 4.69) is 10.1 Å². The van der Waals surface area contributed by atoms with E-state index in [1.165, 1.54) is 6.33 Å². The molecule has 1 aromatic heterocycles. The molecule has 0 atom stereocenters. The van der Waals surface area contributed by atoms with E-state index in [-0.39, 0.29) is 12.5 Å².